The molecule has 0 fully saturated rings. The topological polar surface area (TPSA) is 29.0 Å². The first-order valence-electron chi connectivity index (χ1n) is 6.37. The number of hydrogen-bond acceptors (Lipinski definition) is 5. The first kappa shape index (κ1) is 13.8. The highest BCUT2D eigenvalue weighted by Gasteiger charge is 2.14. The molecule has 0 aromatic carbocycles. The molecule has 3 aromatic heterocycles. The summed E-state index contributed by atoms with van der Waals surface area (Å²) in [7, 11) is 2.04. The van der Waals surface area contributed by atoms with Gasteiger partial charge in [0, 0.05) is 16.8 Å². The van der Waals surface area contributed by atoms with Gasteiger partial charge in [-0.3, -0.25) is 0 Å². The van der Waals surface area contributed by atoms with Crippen molar-refractivity contribution >= 4 is 50.3 Å². The Kier molecular flexibility index (Phi) is 3.92. The second kappa shape index (κ2) is 5.68. The average molecular weight is 324 g/mol. The number of aryl methyl sites for hydroxylation is 1. The van der Waals surface area contributed by atoms with Gasteiger partial charge in [0.15, 0.2) is 0 Å². The van der Waals surface area contributed by atoms with Crippen LogP contribution in [0, 0.1) is 0 Å². The second-order valence-corrected chi connectivity index (χ2v) is 7.02. The molecule has 104 valence electrons. The third-order valence-electron chi connectivity index (χ3n) is 3.08. The van der Waals surface area contributed by atoms with Crippen LogP contribution in [0.5, 0.6) is 0 Å². The lowest BCUT2D eigenvalue weighted by molar-refractivity contribution is 0.915. The van der Waals surface area contributed by atoms with Gasteiger partial charge in [0.2, 0.25) is 5.28 Å². The molecule has 0 unspecified atom stereocenters. The molecule has 0 aliphatic carbocycles. The molecule has 3 rings (SSSR count). The van der Waals surface area contributed by atoms with Crippen LogP contribution >= 0.6 is 34.3 Å². The molecule has 0 aliphatic rings. The zero-order valence-corrected chi connectivity index (χ0v) is 13.6. The smallest absolute Gasteiger partial charge is 0.225 e. The number of nitrogens with zero attached hydrogens (tertiary/aromatic N) is 3. The summed E-state index contributed by atoms with van der Waals surface area (Å²) in [5.74, 6) is 0.907. The molecule has 0 radical (unpaired) electrons. The van der Waals surface area contributed by atoms with Crippen molar-refractivity contribution in [2.75, 3.05) is 11.9 Å². The van der Waals surface area contributed by atoms with Crippen LogP contribution in [-0.4, -0.2) is 17.0 Å². The maximum atomic E-state index is 6.06. The molecule has 20 heavy (non-hydrogen) atoms. The third kappa shape index (κ3) is 2.66. The van der Waals surface area contributed by atoms with Crippen molar-refractivity contribution in [3.05, 3.63) is 38.6 Å². The largest absolute Gasteiger partial charge is 0.354 e. The summed E-state index contributed by atoms with van der Waals surface area (Å²) in [6.45, 7) is 2.98. The van der Waals surface area contributed by atoms with Crippen LogP contribution in [0.2, 0.25) is 5.28 Å². The van der Waals surface area contributed by atoms with Crippen LogP contribution in [0.25, 0.3) is 10.2 Å². The van der Waals surface area contributed by atoms with Gasteiger partial charge in [-0.25, -0.2) is 4.98 Å². The Hall–Kier alpha value is -1.17. The first-order valence-corrected chi connectivity index (χ1v) is 8.44. The molecule has 0 bridgehead atoms. The number of aromatic nitrogens is 2. The van der Waals surface area contributed by atoms with Crippen molar-refractivity contribution in [1.29, 1.82) is 0 Å². The lowest BCUT2D eigenvalue weighted by Crippen LogP contribution is -2.17. The highest BCUT2D eigenvalue weighted by atomic mass is 35.5. The molecular weight excluding hydrogens is 310 g/mol. The summed E-state index contributed by atoms with van der Waals surface area (Å²) in [6, 6.07) is 6.37. The zero-order valence-electron chi connectivity index (χ0n) is 11.3. The van der Waals surface area contributed by atoms with Gasteiger partial charge in [0.25, 0.3) is 0 Å². The van der Waals surface area contributed by atoms with E-state index in [0.29, 0.717) is 5.28 Å². The molecule has 0 spiro atoms. The van der Waals surface area contributed by atoms with Crippen molar-refractivity contribution in [3.8, 4) is 0 Å². The quantitative estimate of drug-likeness (QED) is 0.657. The Labute approximate surface area is 130 Å². The lowest BCUT2D eigenvalue weighted by Gasteiger charge is -2.18. The first-order chi connectivity index (χ1) is 9.67. The highest BCUT2D eigenvalue weighted by molar-refractivity contribution is 7.18. The van der Waals surface area contributed by atoms with Crippen LogP contribution < -0.4 is 4.90 Å². The predicted molar refractivity (Wildman–Crippen MR) is 88.2 cm³/mol. The fourth-order valence-corrected chi connectivity index (χ4v) is 4.04. The number of rotatable bonds is 4. The fraction of sp³-hybridized carbons (Fsp3) is 0.286. The average Bonchev–Trinajstić information content (AvgIpc) is 3.06. The molecule has 3 aromatic rings. The highest BCUT2D eigenvalue weighted by Crippen LogP contribution is 2.32. The van der Waals surface area contributed by atoms with Crippen molar-refractivity contribution in [3.63, 3.8) is 0 Å². The van der Waals surface area contributed by atoms with E-state index < -0.39 is 0 Å². The van der Waals surface area contributed by atoms with Gasteiger partial charge >= 0.3 is 0 Å². The van der Waals surface area contributed by atoms with Gasteiger partial charge in [-0.05, 0) is 35.5 Å². The molecule has 0 saturated heterocycles. The van der Waals surface area contributed by atoms with E-state index in [1.54, 1.807) is 22.7 Å². The van der Waals surface area contributed by atoms with Crippen LogP contribution in [-0.2, 0) is 13.0 Å². The zero-order chi connectivity index (χ0) is 14.1. The molecule has 0 atom stereocenters. The van der Waals surface area contributed by atoms with E-state index >= 15 is 0 Å². The van der Waals surface area contributed by atoms with E-state index in [0.717, 1.165) is 29.0 Å². The summed E-state index contributed by atoms with van der Waals surface area (Å²) in [4.78, 5) is 14.5. The van der Waals surface area contributed by atoms with Gasteiger partial charge in [-0.2, -0.15) is 4.98 Å². The molecular formula is C14H14ClN3S2. The minimum Gasteiger partial charge on any atom is -0.354 e. The van der Waals surface area contributed by atoms with E-state index in [1.165, 1.54) is 9.75 Å². The summed E-state index contributed by atoms with van der Waals surface area (Å²) < 4.78 is 0. The van der Waals surface area contributed by atoms with E-state index in [9.17, 15) is 0 Å². The minimum atomic E-state index is 0.315. The fourth-order valence-electron chi connectivity index (χ4n) is 2.11. The number of hydrogen-bond donors (Lipinski definition) is 0. The van der Waals surface area contributed by atoms with Crippen molar-refractivity contribution in [2.24, 2.45) is 0 Å². The molecule has 3 nitrogen and oxygen atoms in total. The number of fused-ring (bicyclic) bond motifs is 1. The molecule has 0 N–H and O–H groups in total. The van der Waals surface area contributed by atoms with E-state index in [2.05, 4.69) is 45.4 Å². The van der Waals surface area contributed by atoms with Crippen molar-refractivity contribution < 1.29 is 0 Å². The van der Waals surface area contributed by atoms with Gasteiger partial charge in [-0.1, -0.05) is 13.0 Å². The minimum absolute atomic E-state index is 0.315. The van der Waals surface area contributed by atoms with Crippen LogP contribution in [0.3, 0.4) is 0 Å². The maximum Gasteiger partial charge on any atom is 0.225 e. The van der Waals surface area contributed by atoms with E-state index in [1.807, 2.05) is 7.05 Å². The van der Waals surface area contributed by atoms with Crippen molar-refractivity contribution in [2.45, 2.75) is 19.9 Å². The molecule has 0 saturated carbocycles. The van der Waals surface area contributed by atoms with Gasteiger partial charge in [0.1, 0.15) is 10.6 Å². The summed E-state index contributed by atoms with van der Waals surface area (Å²) >= 11 is 9.50. The van der Waals surface area contributed by atoms with E-state index in [-0.39, 0.29) is 0 Å². The standard InChI is InChI=1S/C14H14ClN3S2/c1-3-9-7-11-12(16-14(15)17-13(11)20-9)18(2)8-10-5-4-6-19-10/h4-7H,3,8H2,1-2H3. The number of anilines is 1. The van der Waals surface area contributed by atoms with Gasteiger partial charge in [-0.15, -0.1) is 22.7 Å². The van der Waals surface area contributed by atoms with Crippen LogP contribution in [0.15, 0.2) is 23.6 Å². The number of halogens is 1. The third-order valence-corrected chi connectivity index (χ3v) is 5.28. The number of thiophene rings is 2. The Balaban J connectivity index is 2.02. The van der Waals surface area contributed by atoms with Crippen LogP contribution in [0.1, 0.15) is 16.7 Å². The second-order valence-electron chi connectivity index (χ2n) is 4.54. The van der Waals surface area contributed by atoms with Gasteiger partial charge < -0.3 is 4.90 Å². The predicted octanol–water partition coefficient (Wildman–Crippen LogP) is 4.61. The molecule has 3 heterocycles. The SMILES string of the molecule is CCc1cc2c(N(C)Cc3cccs3)nc(Cl)nc2s1. The normalized spacial score (nSPS) is 11.2. The summed E-state index contributed by atoms with van der Waals surface area (Å²) in [6.07, 6.45) is 1.01. The maximum absolute atomic E-state index is 6.06. The lowest BCUT2D eigenvalue weighted by atomic mass is 10.3. The Morgan fingerprint density at radius 3 is 2.85 bits per heavy atom. The summed E-state index contributed by atoms with van der Waals surface area (Å²) in [5, 5.41) is 3.50. The Morgan fingerprint density at radius 1 is 1.30 bits per heavy atom. The van der Waals surface area contributed by atoms with E-state index in [4.69, 9.17) is 11.6 Å². The summed E-state index contributed by atoms with van der Waals surface area (Å²) in [5.41, 5.74) is 0. The molecule has 6 heteroatoms. The Morgan fingerprint density at radius 2 is 2.15 bits per heavy atom. The Bertz CT molecular complexity index is 721. The van der Waals surface area contributed by atoms with Crippen LogP contribution in [0.4, 0.5) is 5.82 Å². The molecule has 0 aliphatic heterocycles. The van der Waals surface area contributed by atoms with Crippen molar-refractivity contribution in [1.82, 2.24) is 9.97 Å². The monoisotopic (exact) mass is 323 g/mol. The van der Waals surface area contributed by atoms with Gasteiger partial charge in [0.05, 0.1) is 11.9 Å². The molecule has 0 amide bonds.